The zero-order chi connectivity index (χ0) is 15.2. The molecule has 1 saturated heterocycles. The topological polar surface area (TPSA) is 48.1 Å². The van der Waals surface area contributed by atoms with Crippen LogP contribution in [0.2, 0.25) is 0 Å². The summed E-state index contributed by atoms with van der Waals surface area (Å²) in [5.74, 6) is 1.85. The van der Waals surface area contributed by atoms with E-state index >= 15 is 0 Å². The number of aromatic amines is 1. The number of nitrogens with zero attached hydrogens (tertiary/aromatic N) is 4. The molecule has 1 unspecified atom stereocenters. The number of hydrogen-bond donors (Lipinski definition) is 1. The Balaban J connectivity index is 1.47. The summed E-state index contributed by atoms with van der Waals surface area (Å²) >= 11 is 0. The maximum Gasteiger partial charge on any atom is 0.128 e. The van der Waals surface area contributed by atoms with Crippen LogP contribution >= 0.6 is 0 Å². The summed E-state index contributed by atoms with van der Waals surface area (Å²) in [6.07, 6.45) is 9.42. The summed E-state index contributed by atoms with van der Waals surface area (Å²) in [6.45, 7) is 4.49. The normalized spacial score (nSPS) is 18.8. The van der Waals surface area contributed by atoms with E-state index in [1.165, 1.54) is 18.4 Å². The van der Waals surface area contributed by atoms with Crippen LogP contribution in [0.3, 0.4) is 0 Å². The van der Waals surface area contributed by atoms with Gasteiger partial charge in [0.15, 0.2) is 0 Å². The molecular weight excluding hydrogens is 274 g/mol. The molecule has 1 aliphatic rings. The predicted octanol–water partition coefficient (Wildman–Crippen LogP) is 2.20. The molecule has 1 atom stereocenters. The molecule has 3 heterocycles. The van der Waals surface area contributed by atoms with E-state index in [0.717, 1.165) is 44.3 Å². The van der Waals surface area contributed by atoms with Gasteiger partial charge in [0.1, 0.15) is 5.82 Å². The lowest BCUT2D eigenvalue weighted by Crippen LogP contribution is -2.40. The van der Waals surface area contributed by atoms with E-state index in [4.69, 9.17) is 0 Å². The van der Waals surface area contributed by atoms with E-state index in [1.807, 2.05) is 24.7 Å². The van der Waals surface area contributed by atoms with Crippen molar-refractivity contribution in [2.45, 2.75) is 19.3 Å². The molecule has 0 aliphatic carbocycles. The van der Waals surface area contributed by atoms with Crippen molar-refractivity contribution in [3.63, 3.8) is 0 Å². The highest BCUT2D eigenvalue weighted by Crippen LogP contribution is 2.21. The van der Waals surface area contributed by atoms with Crippen LogP contribution in [-0.2, 0) is 6.42 Å². The van der Waals surface area contributed by atoms with Crippen LogP contribution in [0.5, 0.6) is 0 Å². The molecule has 5 nitrogen and oxygen atoms in total. The summed E-state index contributed by atoms with van der Waals surface area (Å²) in [7, 11) is 2.22. The average molecular weight is 299 g/mol. The van der Waals surface area contributed by atoms with Gasteiger partial charge in [-0.25, -0.2) is 4.98 Å². The van der Waals surface area contributed by atoms with Gasteiger partial charge in [0.2, 0.25) is 0 Å². The van der Waals surface area contributed by atoms with Crippen LogP contribution in [0.4, 0.5) is 5.82 Å². The van der Waals surface area contributed by atoms with Crippen molar-refractivity contribution in [1.82, 2.24) is 20.1 Å². The predicted molar refractivity (Wildman–Crippen MR) is 89.0 cm³/mol. The van der Waals surface area contributed by atoms with Crippen molar-refractivity contribution in [2.75, 3.05) is 38.1 Å². The maximum absolute atomic E-state index is 4.49. The van der Waals surface area contributed by atoms with Gasteiger partial charge in [0, 0.05) is 38.6 Å². The van der Waals surface area contributed by atoms with Gasteiger partial charge in [0.05, 0.1) is 6.20 Å². The molecule has 0 bridgehead atoms. The number of nitrogens with one attached hydrogen (secondary N) is 1. The summed E-state index contributed by atoms with van der Waals surface area (Å²) in [5.41, 5.74) is 1.28. The highest BCUT2D eigenvalue weighted by Gasteiger charge is 2.21. The third-order valence-corrected chi connectivity index (χ3v) is 4.40. The van der Waals surface area contributed by atoms with Crippen molar-refractivity contribution >= 4 is 5.82 Å². The first kappa shape index (κ1) is 15.0. The molecule has 0 radical (unpaired) electrons. The Bertz CT molecular complexity index is 539. The van der Waals surface area contributed by atoms with E-state index in [-0.39, 0.29) is 0 Å². The molecule has 0 spiro atoms. The highest BCUT2D eigenvalue weighted by atomic mass is 15.2. The molecule has 0 aromatic carbocycles. The first-order valence-corrected chi connectivity index (χ1v) is 8.13. The number of aromatic nitrogens is 3. The minimum absolute atomic E-state index is 0.727. The van der Waals surface area contributed by atoms with E-state index in [9.17, 15) is 0 Å². The SMILES string of the molecule is CN(CCc1cn[nH]c1)CC1CCCN(c2ccccn2)C1. The Morgan fingerprint density at radius 1 is 1.41 bits per heavy atom. The van der Waals surface area contributed by atoms with Crippen LogP contribution in [-0.4, -0.2) is 53.3 Å². The summed E-state index contributed by atoms with van der Waals surface area (Å²) in [5, 5.41) is 6.88. The second-order valence-corrected chi connectivity index (χ2v) is 6.26. The van der Waals surface area contributed by atoms with Crippen molar-refractivity contribution in [3.8, 4) is 0 Å². The fourth-order valence-electron chi connectivity index (χ4n) is 3.23. The monoisotopic (exact) mass is 299 g/mol. The largest absolute Gasteiger partial charge is 0.356 e. The lowest BCUT2D eigenvalue weighted by Gasteiger charge is -2.35. The summed E-state index contributed by atoms with van der Waals surface area (Å²) < 4.78 is 0. The van der Waals surface area contributed by atoms with Gasteiger partial charge in [0.25, 0.3) is 0 Å². The Morgan fingerprint density at radius 3 is 3.14 bits per heavy atom. The Hall–Kier alpha value is -1.88. The molecule has 1 aliphatic heterocycles. The molecule has 0 amide bonds. The van der Waals surface area contributed by atoms with Gasteiger partial charge < -0.3 is 9.80 Å². The lowest BCUT2D eigenvalue weighted by molar-refractivity contribution is 0.256. The molecule has 3 rings (SSSR count). The second-order valence-electron chi connectivity index (χ2n) is 6.26. The molecule has 1 fully saturated rings. The summed E-state index contributed by atoms with van der Waals surface area (Å²) in [4.78, 5) is 9.36. The van der Waals surface area contributed by atoms with E-state index in [1.54, 1.807) is 0 Å². The molecule has 1 N–H and O–H groups in total. The minimum Gasteiger partial charge on any atom is -0.356 e. The third-order valence-electron chi connectivity index (χ3n) is 4.40. The molecule has 2 aromatic heterocycles. The Kier molecular flexibility index (Phi) is 5.06. The highest BCUT2D eigenvalue weighted by molar-refractivity contribution is 5.38. The summed E-state index contributed by atoms with van der Waals surface area (Å²) in [6, 6.07) is 6.17. The van der Waals surface area contributed by atoms with Crippen molar-refractivity contribution in [2.24, 2.45) is 5.92 Å². The van der Waals surface area contributed by atoms with Crippen LogP contribution in [0.15, 0.2) is 36.8 Å². The number of anilines is 1. The van der Waals surface area contributed by atoms with Gasteiger partial charge in [-0.2, -0.15) is 5.10 Å². The second kappa shape index (κ2) is 7.40. The zero-order valence-corrected chi connectivity index (χ0v) is 13.3. The molecule has 0 saturated carbocycles. The van der Waals surface area contributed by atoms with Gasteiger partial charge in [-0.05, 0) is 49.9 Å². The number of likely N-dealkylation sites (N-methyl/N-ethyl adjacent to an activating group) is 1. The number of hydrogen-bond acceptors (Lipinski definition) is 4. The molecule has 22 heavy (non-hydrogen) atoms. The van der Waals surface area contributed by atoms with Gasteiger partial charge in [-0.3, -0.25) is 5.10 Å². The maximum atomic E-state index is 4.49. The van der Waals surface area contributed by atoms with Crippen LogP contribution < -0.4 is 4.90 Å². The smallest absolute Gasteiger partial charge is 0.128 e. The standard InChI is InChI=1S/C17H25N5/c1-21(10-7-15-11-19-20-12-15)13-16-5-4-9-22(14-16)17-6-2-3-8-18-17/h2-3,6,8,11-12,16H,4-5,7,9-10,13-14H2,1H3,(H,19,20). The van der Waals surface area contributed by atoms with Gasteiger partial charge in [-0.1, -0.05) is 6.07 Å². The van der Waals surface area contributed by atoms with Crippen molar-refractivity contribution < 1.29 is 0 Å². The first-order valence-electron chi connectivity index (χ1n) is 8.13. The van der Waals surface area contributed by atoms with Gasteiger partial charge >= 0.3 is 0 Å². The van der Waals surface area contributed by atoms with E-state index in [0.29, 0.717) is 0 Å². The molecule has 2 aromatic rings. The quantitative estimate of drug-likeness (QED) is 0.888. The molecule has 5 heteroatoms. The fraction of sp³-hybridized carbons (Fsp3) is 0.529. The van der Waals surface area contributed by atoms with E-state index in [2.05, 4.69) is 44.2 Å². The molecular formula is C17H25N5. The van der Waals surface area contributed by atoms with Crippen molar-refractivity contribution in [1.29, 1.82) is 0 Å². The van der Waals surface area contributed by atoms with Crippen LogP contribution in [0, 0.1) is 5.92 Å². The fourth-order valence-corrected chi connectivity index (χ4v) is 3.23. The average Bonchev–Trinajstić information content (AvgIpc) is 3.08. The lowest BCUT2D eigenvalue weighted by atomic mass is 9.97. The number of pyridine rings is 1. The number of rotatable bonds is 6. The van der Waals surface area contributed by atoms with Crippen LogP contribution in [0.25, 0.3) is 0 Å². The number of H-pyrrole nitrogens is 1. The van der Waals surface area contributed by atoms with Crippen molar-refractivity contribution in [3.05, 3.63) is 42.4 Å². The first-order chi connectivity index (χ1) is 10.8. The van der Waals surface area contributed by atoms with E-state index < -0.39 is 0 Å². The minimum atomic E-state index is 0.727. The Labute approximate surface area is 132 Å². The van der Waals surface area contributed by atoms with Gasteiger partial charge in [-0.15, -0.1) is 0 Å². The van der Waals surface area contributed by atoms with Crippen LogP contribution in [0.1, 0.15) is 18.4 Å². The Morgan fingerprint density at radius 2 is 2.36 bits per heavy atom. The molecule has 118 valence electrons. The number of piperidine rings is 1. The zero-order valence-electron chi connectivity index (χ0n) is 13.3. The third kappa shape index (κ3) is 4.07.